The van der Waals surface area contributed by atoms with Gasteiger partial charge in [0.05, 0.1) is 11.1 Å². The highest BCUT2D eigenvalue weighted by Gasteiger charge is 2.31. The second-order valence-corrected chi connectivity index (χ2v) is 9.81. The van der Waals surface area contributed by atoms with Gasteiger partial charge in [0.2, 0.25) is 0 Å². The maximum Gasteiger partial charge on any atom is 0.584 e. The minimum absolute atomic E-state index is 0.00285. The molecule has 0 bridgehead atoms. The lowest BCUT2D eigenvalue weighted by Crippen LogP contribution is -2.07. The van der Waals surface area contributed by atoms with Gasteiger partial charge in [-0.1, -0.05) is 24.3 Å². The van der Waals surface area contributed by atoms with Gasteiger partial charge in [-0.2, -0.15) is 26.3 Å². The van der Waals surface area contributed by atoms with Crippen molar-refractivity contribution in [2.24, 2.45) is 0 Å². The van der Waals surface area contributed by atoms with E-state index in [-0.39, 0.29) is 33.8 Å². The van der Waals surface area contributed by atoms with Gasteiger partial charge in [-0.3, -0.25) is 14.5 Å². The summed E-state index contributed by atoms with van der Waals surface area (Å²) in [7, 11) is -4.76. The third-order valence-electron chi connectivity index (χ3n) is 5.62. The van der Waals surface area contributed by atoms with Crippen molar-refractivity contribution in [3.63, 3.8) is 0 Å². The first kappa shape index (κ1) is 29.6. The quantitative estimate of drug-likeness (QED) is 0.128. The summed E-state index contributed by atoms with van der Waals surface area (Å²) < 4.78 is 98.7. The Morgan fingerprint density at radius 1 is 0.512 bits per heavy atom. The summed E-state index contributed by atoms with van der Waals surface area (Å²) >= 11 is 0. The van der Waals surface area contributed by atoms with Crippen molar-refractivity contribution in [3.05, 3.63) is 130 Å². The molecule has 4 aromatic rings. The molecule has 0 aliphatic rings. The fraction of sp³-hybridized carbons (Fsp3) is 0.0714. The van der Waals surface area contributed by atoms with Crippen LogP contribution in [0.4, 0.5) is 26.3 Å². The van der Waals surface area contributed by atoms with Crippen molar-refractivity contribution in [3.8, 4) is 11.5 Å². The molecule has 0 fully saturated rings. The van der Waals surface area contributed by atoms with Crippen molar-refractivity contribution < 1.29 is 54.4 Å². The summed E-state index contributed by atoms with van der Waals surface area (Å²) in [5.74, 6) is -1.48. The van der Waals surface area contributed by atoms with Gasteiger partial charge in [0.1, 0.15) is 11.5 Å². The van der Waals surface area contributed by atoms with E-state index in [9.17, 15) is 45.4 Å². The van der Waals surface area contributed by atoms with Crippen molar-refractivity contribution in [2.75, 3.05) is 0 Å². The predicted molar refractivity (Wildman–Crippen MR) is 134 cm³/mol. The summed E-state index contributed by atoms with van der Waals surface area (Å²) in [5.41, 5.74) is -1.64. The van der Waals surface area contributed by atoms with E-state index in [4.69, 9.17) is 9.05 Å². The Balaban J connectivity index is 1.38. The second-order valence-electron chi connectivity index (χ2n) is 8.51. The highest BCUT2D eigenvalue weighted by Crippen LogP contribution is 2.44. The van der Waals surface area contributed by atoms with Crippen molar-refractivity contribution in [1.82, 2.24) is 0 Å². The maximum absolute atomic E-state index is 12.7. The number of carbonyl (C=O) groups excluding carboxylic acids is 2. The predicted octanol–water partition coefficient (Wildman–Crippen LogP) is 7.74. The van der Waals surface area contributed by atoms with Crippen LogP contribution in [0.25, 0.3) is 0 Å². The summed E-state index contributed by atoms with van der Waals surface area (Å²) in [5, 5.41) is 0. The Kier molecular flexibility index (Phi) is 8.10. The Bertz CT molecular complexity index is 1480. The molecule has 4 aromatic carbocycles. The molecule has 0 unspecified atom stereocenters. The molecule has 6 nitrogen and oxygen atoms in total. The molecule has 1 N–H and O–H groups in total. The van der Waals surface area contributed by atoms with E-state index in [0.717, 1.165) is 48.5 Å². The van der Waals surface area contributed by atoms with E-state index < -0.39 is 42.9 Å². The smallest absolute Gasteiger partial charge is 0.395 e. The Morgan fingerprint density at radius 2 is 0.756 bits per heavy atom. The van der Waals surface area contributed by atoms with Crippen molar-refractivity contribution in [1.29, 1.82) is 0 Å². The number of rotatable bonds is 8. The molecule has 0 aliphatic carbocycles. The van der Waals surface area contributed by atoms with Crippen LogP contribution in [0.2, 0.25) is 0 Å². The average Bonchev–Trinajstić information content (AvgIpc) is 2.92. The zero-order valence-corrected chi connectivity index (χ0v) is 21.3. The van der Waals surface area contributed by atoms with E-state index in [1.54, 1.807) is 0 Å². The lowest BCUT2D eigenvalue weighted by molar-refractivity contribution is -0.138. The summed E-state index contributed by atoms with van der Waals surface area (Å²) in [6, 6.07) is 17.0. The zero-order chi connectivity index (χ0) is 30.0. The van der Waals surface area contributed by atoms with Crippen molar-refractivity contribution >= 4 is 19.4 Å². The molecule has 0 aliphatic heterocycles. The molecule has 0 saturated heterocycles. The molecule has 0 spiro atoms. The minimum atomic E-state index is -4.76. The lowest BCUT2D eigenvalue weighted by Gasteiger charge is -2.14. The molecule has 212 valence electrons. The van der Waals surface area contributed by atoms with E-state index in [0.29, 0.717) is 0 Å². The third kappa shape index (κ3) is 7.41. The normalized spacial score (nSPS) is 12.1. The maximum atomic E-state index is 12.7. The molecule has 0 atom stereocenters. The molecule has 0 radical (unpaired) electrons. The first-order chi connectivity index (χ1) is 19.1. The van der Waals surface area contributed by atoms with Crippen LogP contribution in [0, 0.1) is 0 Å². The van der Waals surface area contributed by atoms with Gasteiger partial charge >= 0.3 is 20.2 Å². The second kappa shape index (κ2) is 11.2. The summed E-state index contributed by atoms with van der Waals surface area (Å²) in [6.07, 6.45) is -9.09. The molecule has 41 heavy (non-hydrogen) atoms. The van der Waals surface area contributed by atoms with E-state index in [1.807, 2.05) is 0 Å². The van der Waals surface area contributed by atoms with Crippen LogP contribution in [0.1, 0.15) is 43.0 Å². The topological polar surface area (TPSA) is 89.9 Å². The molecule has 4 rings (SSSR count). The molecule has 0 aromatic heterocycles. The van der Waals surface area contributed by atoms with Crippen LogP contribution in [0.5, 0.6) is 11.5 Å². The third-order valence-corrected chi connectivity index (χ3v) is 6.51. The minimum Gasteiger partial charge on any atom is -0.395 e. The zero-order valence-electron chi connectivity index (χ0n) is 20.4. The summed E-state index contributed by atoms with van der Waals surface area (Å²) in [4.78, 5) is 35.2. The van der Waals surface area contributed by atoms with Gasteiger partial charge < -0.3 is 9.05 Å². The molecule has 0 heterocycles. The van der Waals surface area contributed by atoms with Gasteiger partial charge in [0, 0.05) is 22.3 Å². The first-order valence-corrected chi connectivity index (χ1v) is 13.0. The molecule has 13 heteroatoms. The molecule has 0 amide bonds. The van der Waals surface area contributed by atoms with Crippen LogP contribution in [0.15, 0.2) is 97.1 Å². The number of ketones is 2. The molecular weight excluding hydrogens is 577 g/mol. The number of halogens is 6. The number of hydrogen-bond acceptors (Lipinski definition) is 5. The number of benzene rings is 4. The Morgan fingerprint density at radius 3 is 1.00 bits per heavy atom. The number of phosphoric acid groups is 1. The number of alkyl halides is 6. The van der Waals surface area contributed by atoms with E-state index >= 15 is 0 Å². The van der Waals surface area contributed by atoms with Gasteiger partial charge in [-0.15, -0.1) is 0 Å². The van der Waals surface area contributed by atoms with Crippen LogP contribution < -0.4 is 9.05 Å². The molecule has 0 saturated carbocycles. The van der Waals surface area contributed by atoms with Gasteiger partial charge in [-0.05, 0) is 72.8 Å². The fourth-order valence-electron chi connectivity index (χ4n) is 3.57. The number of carbonyl (C=O) groups is 2. The first-order valence-electron chi connectivity index (χ1n) is 11.5. The average molecular weight is 594 g/mol. The standard InChI is InChI=1S/C28H17F6O6P/c29-27(30,31)21-9-1-17(2-10-21)25(35)19-5-13-23(14-6-19)39-41(37,38)40-24-15-7-20(8-16-24)26(36)18-3-11-22(12-4-18)28(32,33)34/h1-16H,(H,37,38). The van der Waals surface area contributed by atoms with Crippen molar-refractivity contribution in [2.45, 2.75) is 12.4 Å². The van der Waals surface area contributed by atoms with Gasteiger partial charge in [0.15, 0.2) is 11.6 Å². The van der Waals surface area contributed by atoms with Gasteiger partial charge in [-0.25, -0.2) is 4.57 Å². The highest BCUT2D eigenvalue weighted by molar-refractivity contribution is 7.48. The monoisotopic (exact) mass is 594 g/mol. The Labute approximate surface area is 228 Å². The molecular formula is C28H17F6O6P. The SMILES string of the molecule is O=C(c1ccc(OP(=O)(O)Oc2ccc(C(=O)c3ccc(C(F)(F)F)cc3)cc2)cc1)c1ccc(C(F)(F)F)cc1. The Hall–Kier alpha value is -4.41. The highest BCUT2D eigenvalue weighted by atomic mass is 31.2. The van der Waals surface area contributed by atoms with Gasteiger partial charge in [0.25, 0.3) is 0 Å². The van der Waals surface area contributed by atoms with E-state index in [2.05, 4.69) is 0 Å². The van der Waals surface area contributed by atoms with Crippen LogP contribution in [-0.2, 0) is 16.9 Å². The van der Waals surface area contributed by atoms with Crippen LogP contribution >= 0.6 is 7.82 Å². The number of phosphoric ester groups is 1. The van der Waals surface area contributed by atoms with Crippen LogP contribution in [0.3, 0.4) is 0 Å². The lowest BCUT2D eigenvalue weighted by atomic mass is 10.0. The van der Waals surface area contributed by atoms with Crippen LogP contribution in [-0.4, -0.2) is 16.5 Å². The largest absolute Gasteiger partial charge is 0.584 e. The number of hydrogen-bond donors (Lipinski definition) is 1. The fourth-order valence-corrected chi connectivity index (χ4v) is 4.39. The summed E-state index contributed by atoms with van der Waals surface area (Å²) in [6.45, 7) is 0. The van der Waals surface area contributed by atoms with E-state index in [1.165, 1.54) is 48.5 Å².